The summed E-state index contributed by atoms with van der Waals surface area (Å²) in [5, 5.41) is 13.2. The van der Waals surface area contributed by atoms with Crippen molar-refractivity contribution in [3.05, 3.63) is 64.7 Å². The molecule has 0 heterocycles. The molecule has 4 atom stereocenters. The Morgan fingerprint density at radius 1 is 1.25 bits per heavy atom. The number of amides is 1. The van der Waals surface area contributed by atoms with Gasteiger partial charge in [0.2, 0.25) is 5.91 Å². The molecule has 1 aliphatic carbocycles. The lowest BCUT2D eigenvalue weighted by atomic mass is 9.94. The molecule has 2 N–H and O–H groups in total. The number of carbonyl (C=O) groups is 1. The van der Waals surface area contributed by atoms with Crippen LogP contribution in [-0.4, -0.2) is 42.6 Å². The van der Waals surface area contributed by atoms with Crippen molar-refractivity contribution in [2.75, 3.05) is 20.6 Å². The first kappa shape index (κ1) is 20.7. The monoisotopic (exact) mass is 400 g/mol. The van der Waals surface area contributed by atoms with Crippen LogP contribution in [0.4, 0.5) is 0 Å². The fourth-order valence-electron chi connectivity index (χ4n) is 4.19. The van der Waals surface area contributed by atoms with Crippen LogP contribution in [0, 0.1) is 11.8 Å². The Bertz CT molecular complexity index is 840. The fourth-order valence-corrected chi connectivity index (χ4v) is 4.44. The average molecular weight is 401 g/mol. The minimum absolute atomic E-state index is 0.00466. The molecule has 0 bridgehead atoms. The first-order valence-corrected chi connectivity index (χ1v) is 10.1. The summed E-state index contributed by atoms with van der Waals surface area (Å²) in [5.74, 6) is 0.586. The second kappa shape index (κ2) is 8.14. The number of nitrogens with one attached hydrogen (secondary N) is 1. The van der Waals surface area contributed by atoms with Crippen molar-refractivity contribution >= 4 is 17.5 Å². The lowest BCUT2D eigenvalue weighted by Gasteiger charge is -2.25. The van der Waals surface area contributed by atoms with Crippen LogP contribution in [0.25, 0.3) is 0 Å². The van der Waals surface area contributed by atoms with Gasteiger partial charge in [0.1, 0.15) is 5.75 Å². The van der Waals surface area contributed by atoms with E-state index in [1.165, 1.54) is 5.56 Å². The predicted molar refractivity (Wildman–Crippen MR) is 114 cm³/mol. The SMILES string of the molecule is C[C@H]1C(C(=O)NC[C@H](Cc2ccc(O)cc2Cl)N(C)C)[C@]1(C)c1ccccc1. The molecule has 150 valence electrons. The minimum atomic E-state index is -0.0980. The second-order valence-electron chi connectivity index (χ2n) is 8.26. The number of carbonyl (C=O) groups excluding carboxylic acids is 1. The first-order valence-electron chi connectivity index (χ1n) is 9.72. The Morgan fingerprint density at radius 3 is 2.54 bits per heavy atom. The Morgan fingerprint density at radius 2 is 1.93 bits per heavy atom. The molecule has 4 nitrogen and oxygen atoms in total. The van der Waals surface area contributed by atoms with E-state index in [1.807, 2.05) is 38.4 Å². The summed E-state index contributed by atoms with van der Waals surface area (Å²) in [5.41, 5.74) is 2.09. The molecule has 2 aromatic rings. The van der Waals surface area contributed by atoms with Crippen molar-refractivity contribution in [2.24, 2.45) is 11.8 Å². The normalized spacial score (nSPS) is 24.8. The molecule has 2 aromatic carbocycles. The maximum absolute atomic E-state index is 12.9. The van der Waals surface area contributed by atoms with E-state index in [4.69, 9.17) is 11.6 Å². The van der Waals surface area contributed by atoms with Crippen molar-refractivity contribution in [3.8, 4) is 5.75 Å². The van der Waals surface area contributed by atoms with Crippen LogP contribution in [0.5, 0.6) is 5.75 Å². The Hall–Kier alpha value is -2.04. The van der Waals surface area contributed by atoms with E-state index in [9.17, 15) is 9.90 Å². The van der Waals surface area contributed by atoms with Crippen molar-refractivity contribution in [3.63, 3.8) is 0 Å². The molecule has 1 saturated carbocycles. The van der Waals surface area contributed by atoms with Gasteiger partial charge in [-0.25, -0.2) is 0 Å². The number of phenols is 1. The van der Waals surface area contributed by atoms with Gasteiger partial charge in [-0.3, -0.25) is 4.79 Å². The van der Waals surface area contributed by atoms with Gasteiger partial charge in [0.25, 0.3) is 0 Å². The highest BCUT2D eigenvalue weighted by molar-refractivity contribution is 6.31. The molecule has 28 heavy (non-hydrogen) atoms. The number of aromatic hydroxyl groups is 1. The van der Waals surface area contributed by atoms with Crippen LogP contribution in [0.1, 0.15) is 25.0 Å². The van der Waals surface area contributed by atoms with Gasteiger partial charge < -0.3 is 15.3 Å². The fraction of sp³-hybridized carbons (Fsp3) is 0.435. The summed E-state index contributed by atoms with van der Waals surface area (Å²) in [6.45, 7) is 4.88. The van der Waals surface area contributed by atoms with Gasteiger partial charge in [-0.2, -0.15) is 0 Å². The average Bonchev–Trinajstić information content (AvgIpc) is 3.22. The van der Waals surface area contributed by atoms with E-state index in [-0.39, 0.29) is 29.0 Å². The van der Waals surface area contributed by atoms with E-state index in [0.29, 0.717) is 23.9 Å². The van der Waals surface area contributed by atoms with Crippen LogP contribution in [-0.2, 0) is 16.6 Å². The van der Waals surface area contributed by atoms with Gasteiger partial charge in [-0.1, -0.05) is 61.8 Å². The molecule has 1 fully saturated rings. The lowest BCUT2D eigenvalue weighted by molar-refractivity contribution is -0.123. The molecule has 0 spiro atoms. The number of nitrogens with zero attached hydrogens (tertiary/aromatic N) is 1. The highest BCUT2D eigenvalue weighted by atomic mass is 35.5. The Labute approximate surface area is 172 Å². The van der Waals surface area contributed by atoms with Crippen LogP contribution in [0.2, 0.25) is 5.02 Å². The Kier molecular flexibility index (Phi) is 6.01. The van der Waals surface area contributed by atoms with Gasteiger partial charge in [0.15, 0.2) is 0 Å². The molecular formula is C23H29ClN2O2. The summed E-state index contributed by atoms with van der Waals surface area (Å²) in [4.78, 5) is 15.0. The first-order chi connectivity index (χ1) is 13.2. The largest absolute Gasteiger partial charge is 0.508 e. The van der Waals surface area contributed by atoms with Crippen LogP contribution in [0.3, 0.4) is 0 Å². The lowest BCUT2D eigenvalue weighted by Crippen LogP contribution is -2.42. The summed E-state index contributed by atoms with van der Waals surface area (Å²) in [6, 6.07) is 15.4. The molecule has 1 aliphatic rings. The zero-order chi connectivity index (χ0) is 20.5. The molecule has 0 aromatic heterocycles. The zero-order valence-electron chi connectivity index (χ0n) is 16.9. The smallest absolute Gasteiger partial charge is 0.224 e. The predicted octanol–water partition coefficient (Wildman–Crippen LogP) is 3.86. The van der Waals surface area contributed by atoms with E-state index in [1.54, 1.807) is 12.1 Å². The summed E-state index contributed by atoms with van der Waals surface area (Å²) < 4.78 is 0. The molecular weight excluding hydrogens is 372 g/mol. The summed E-state index contributed by atoms with van der Waals surface area (Å²) in [6.07, 6.45) is 0.697. The number of rotatable bonds is 7. The number of benzene rings is 2. The van der Waals surface area contributed by atoms with Crippen LogP contribution >= 0.6 is 11.6 Å². The third-order valence-corrected chi connectivity index (χ3v) is 6.75. The summed E-state index contributed by atoms with van der Waals surface area (Å²) >= 11 is 6.26. The van der Waals surface area contributed by atoms with Crippen LogP contribution in [0.15, 0.2) is 48.5 Å². The quantitative estimate of drug-likeness (QED) is 0.742. The molecule has 5 heteroatoms. The number of hydrogen-bond acceptors (Lipinski definition) is 3. The van der Waals surface area contributed by atoms with Crippen LogP contribution < -0.4 is 5.32 Å². The maximum Gasteiger partial charge on any atom is 0.224 e. The summed E-state index contributed by atoms with van der Waals surface area (Å²) in [7, 11) is 4.00. The second-order valence-corrected chi connectivity index (χ2v) is 8.66. The number of hydrogen-bond donors (Lipinski definition) is 2. The standard InChI is InChI=1S/C23H29ClN2O2/c1-15-21(23(15,2)17-8-6-5-7-9-17)22(28)25-14-18(26(3)4)12-16-10-11-19(27)13-20(16)24/h5-11,13,15,18,21,27H,12,14H2,1-4H3,(H,25,28)/t15-,18-,21?,23-/m0/s1. The van der Waals surface area contributed by atoms with Gasteiger partial charge in [0.05, 0.1) is 5.92 Å². The van der Waals surface area contributed by atoms with Gasteiger partial charge in [0, 0.05) is 23.0 Å². The Balaban J connectivity index is 1.63. The molecule has 0 saturated heterocycles. The van der Waals surface area contributed by atoms with Gasteiger partial charge in [-0.15, -0.1) is 0 Å². The molecule has 1 unspecified atom stereocenters. The number of likely N-dealkylation sites (N-methyl/N-ethyl adjacent to an activating group) is 1. The van der Waals surface area contributed by atoms with Crippen molar-refractivity contribution in [2.45, 2.75) is 31.7 Å². The van der Waals surface area contributed by atoms with E-state index in [0.717, 1.165) is 5.56 Å². The number of halogens is 1. The molecule has 0 radical (unpaired) electrons. The van der Waals surface area contributed by atoms with Gasteiger partial charge >= 0.3 is 0 Å². The van der Waals surface area contributed by atoms with Crippen molar-refractivity contribution < 1.29 is 9.90 Å². The highest BCUT2D eigenvalue weighted by Crippen LogP contribution is 2.59. The molecule has 0 aliphatic heterocycles. The van der Waals surface area contributed by atoms with Gasteiger partial charge in [-0.05, 0) is 49.7 Å². The molecule has 3 rings (SSSR count). The van der Waals surface area contributed by atoms with E-state index < -0.39 is 0 Å². The maximum atomic E-state index is 12.9. The topological polar surface area (TPSA) is 52.6 Å². The third kappa shape index (κ3) is 4.03. The minimum Gasteiger partial charge on any atom is -0.508 e. The molecule has 1 amide bonds. The van der Waals surface area contributed by atoms with Crippen molar-refractivity contribution in [1.82, 2.24) is 10.2 Å². The van der Waals surface area contributed by atoms with Crippen molar-refractivity contribution in [1.29, 1.82) is 0 Å². The van der Waals surface area contributed by atoms with E-state index >= 15 is 0 Å². The highest BCUT2D eigenvalue weighted by Gasteiger charge is 2.62. The number of phenolic OH excluding ortho intramolecular Hbond substituents is 1. The van der Waals surface area contributed by atoms with E-state index in [2.05, 4.69) is 36.2 Å². The zero-order valence-corrected chi connectivity index (χ0v) is 17.7. The third-order valence-electron chi connectivity index (χ3n) is 6.40.